The van der Waals surface area contributed by atoms with E-state index in [9.17, 15) is 4.21 Å². The number of benzene rings is 2. The van der Waals surface area contributed by atoms with Gasteiger partial charge in [-0.15, -0.1) is 0 Å². The van der Waals surface area contributed by atoms with Gasteiger partial charge in [-0.2, -0.15) is 0 Å². The fourth-order valence-corrected chi connectivity index (χ4v) is 5.43. The van der Waals surface area contributed by atoms with Crippen LogP contribution in [0.4, 0.5) is 11.4 Å². The Kier molecular flexibility index (Phi) is 14.1. The smallest absolute Gasteiger partial charge is 0.0410 e. The summed E-state index contributed by atoms with van der Waals surface area (Å²) in [6, 6.07) is 21.2. The third-order valence-corrected chi connectivity index (χ3v) is 7.80. The summed E-state index contributed by atoms with van der Waals surface area (Å²) >= 11 is 0. The van der Waals surface area contributed by atoms with E-state index in [0.717, 1.165) is 25.8 Å². The van der Waals surface area contributed by atoms with Crippen LogP contribution in [0.5, 0.6) is 0 Å². The first-order valence-corrected chi connectivity index (χ1v) is 14.5. The molecular weight excluding hydrogens is 410 g/mol. The summed E-state index contributed by atoms with van der Waals surface area (Å²) < 4.78 is 12.3. The molecule has 2 nitrogen and oxygen atoms in total. The van der Waals surface area contributed by atoms with E-state index in [-0.39, 0.29) is 0 Å². The van der Waals surface area contributed by atoms with Gasteiger partial charge in [0.1, 0.15) is 0 Å². The number of unbranched alkanes of at least 4 members (excludes halogenated alkanes) is 9. The van der Waals surface area contributed by atoms with Crippen LogP contribution in [0.15, 0.2) is 60.7 Å². The van der Waals surface area contributed by atoms with Gasteiger partial charge in [0, 0.05) is 40.2 Å². The van der Waals surface area contributed by atoms with Crippen molar-refractivity contribution in [2.75, 3.05) is 17.7 Å². The maximum Gasteiger partial charge on any atom is 0.0410 e. The van der Waals surface area contributed by atoms with Gasteiger partial charge in [-0.05, 0) is 43.5 Å². The van der Waals surface area contributed by atoms with Crippen molar-refractivity contribution in [3.63, 3.8) is 0 Å². The summed E-state index contributed by atoms with van der Waals surface area (Å²) in [5.41, 5.74) is 2.45. The summed E-state index contributed by atoms with van der Waals surface area (Å²) in [6.45, 7) is 3.24. The Morgan fingerprint density at radius 1 is 0.656 bits per heavy atom. The van der Waals surface area contributed by atoms with Crippen LogP contribution >= 0.6 is 0 Å². The van der Waals surface area contributed by atoms with E-state index < -0.39 is 10.8 Å². The first-order chi connectivity index (χ1) is 15.7. The predicted molar refractivity (Wildman–Crippen MR) is 143 cm³/mol. The molecule has 2 rings (SSSR count). The molecule has 0 amide bonds. The monoisotopic (exact) mass is 455 g/mol. The Hall–Kier alpha value is -1.61. The SMILES string of the molecule is CCCCCCCCCCCCC(CCCN(c1ccccc1)c1ccccc1)S(C)=O. The van der Waals surface area contributed by atoms with Crippen molar-refractivity contribution in [1.82, 2.24) is 0 Å². The summed E-state index contributed by atoms with van der Waals surface area (Å²) in [5, 5.41) is 0.331. The Morgan fingerprint density at radius 3 is 1.56 bits per heavy atom. The average Bonchev–Trinajstić information content (AvgIpc) is 2.82. The lowest BCUT2D eigenvalue weighted by Gasteiger charge is -2.26. The highest BCUT2D eigenvalue weighted by atomic mass is 32.2. The average molecular weight is 456 g/mol. The number of hydrogen-bond donors (Lipinski definition) is 0. The van der Waals surface area contributed by atoms with E-state index in [0.29, 0.717) is 5.25 Å². The van der Waals surface area contributed by atoms with Crippen molar-refractivity contribution >= 4 is 22.2 Å². The van der Waals surface area contributed by atoms with Crippen molar-refractivity contribution in [3.05, 3.63) is 60.7 Å². The number of nitrogens with zero attached hydrogens (tertiary/aromatic N) is 1. The second-order valence-corrected chi connectivity index (χ2v) is 10.7. The minimum atomic E-state index is -0.739. The van der Waals surface area contributed by atoms with E-state index >= 15 is 0 Å². The molecule has 0 saturated heterocycles. The van der Waals surface area contributed by atoms with E-state index in [4.69, 9.17) is 0 Å². The summed E-state index contributed by atoms with van der Waals surface area (Å²) in [7, 11) is -0.739. The first-order valence-electron chi connectivity index (χ1n) is 12.9. The number of hydrogen-bond acceptors (Lipinski definition) is 2. The van der Waals surface area contributed by atoms with Gasteiger partial charge in [0.25, 0.3) is 0 Å². The van der Waals surface area contributed by atoms with Gasteiger partial charge >= 0.3 is 0 Å². The zero-order valence-electron chi connectivity index (χ0n) is 20.5. The van der Waals surface area contributed by atoms with Crippen LogP contribution in [0.3, 0.4) is 0 Å². The normalized spacial score (nSPS) is 13.1. The predicted octanol–water partition coefficient (Wildman–Crippen LogP) is 8.66. The van der Waals surface area contributed by atoms with Crippen LogP contribution in [-0.4, -0.2) is 22.3 Å². The van der Waals surface area contributed by atoms with Crippen LogP contribution in [0.2, 0.25) is 0 Å². The fourth-order valence-electron chi connectivity index (χ4n) is 4.44. The van der Waals surface area contributed by atoms with Crippen molar-refractivity contribution in [2.24, 2.45) is 0 Å². The van der Waals surface area contributed by atoms with E-state index in [1.165, 1.54) is 75.6 Å². The Labute approximate surface area is 200 Å². The van der Waals surface area contributed by atoms with Crippen molar-refractivity contribution in [1.29, 1.82) is 0 Å². The quantitative estimate of drug-likeness (QED) is 0.210. The van der Waals surface area contributed by atoms with Crippen LogP contribution in [-0.2, 0) is 10.8 Å². The van der Waals surface area contributed by atoms with Gasteiger partial charge in [-0.25, -0.2) is 0 Å². The molecule has 0 radical (unpaired) electrons. The Bertz CT molecular complexity index is 679. The molecule has 0 heterocycles. The van der Waals surface area contributed by atoms with Gasteiger partial charge in [0.05, 0.1) is 0 Å². The van der Waals surface area contributed by atoms with E-state index in [2.05, 4.69) is 72.5 Å². The lowest BCUT2D eigenvalue weighted by atomic mass is 10.0. The number of anilines is 2. The molecule has 0 spiro atoms. The summed E-state index contributed by atoms with van der Waals surface area (Å²) in [4.78, 5) is 2.39. The zero-order valence-corrected chi connectivity index (χ0v) is 21.3. The molecule has 0 N–H and O–H groups in total. The molecule has 0 aliphatic heterocycles. The highest BCUT2D eigenvalue weighted by molar-refractivity contribution is 7.84. The van der Waals surface area contributed by atoms with Gasteiger partial charge in [0.15, 0.2) is 0 Å². The molecule has 3 heteroatoms. The molecule has 32 heavy (non-hydrogen) atoms. The Morgan fingerprint density at radius 2 is 1.09 bits per heavy atom. The Balaban J connectivity index is 1.70. The maximum absolute atomic E-state index is 12.3. The molecule has 0 aliphatic rings. The molecular formula is C29H45NOS. The number of para-hydroxylation sites is 2. The molecule has 2 aromatic carbocycles. The number of rotatable bonds is 18. The standard InChI is InChI=1S/C29H45NOS/c1-3-4-5-6-7-8-9-10-11-18-24-29(32(2)31)25-19-26-30(27-20-14-12-15-21-27)28-22-16-13-17-23-28/h12-17,20-23,29H,3-11,18-19,24-26H2,1-2H3. The van der Waals surface area contributed by atoms with Gasteiger partial charge in [-0.3, -0.25) is 4.21 Å². The van der Waals surface area contributed by atoms with Crippen molar-refractivity contribution in [2.45, 2.75) is 95.6 Å². The van der Waals surface area contributed by atoms with Crippen LogP contribution < -0.4 is 4.90 Å². The van der Waals surface area contributed by atoms with Crippen molar-refractivity contribution in [3.8, 4) is 0 Å². The van der Waals surface area contributed by atoms with Crippen LogP contribution in [0.25, 0.3) is 0 Å². The topological polar surface area (TPSA) is 20.3 Å². The summed E-state index contributed by atoms with van der Waals surface area (Å²) in [6.07, 6.45) is 18.7. The fraction of sp³-hybridized carbons (Fsp3) is 0.586. The highest BCUT2D eigenvalue weighted by Crippen LogP contribution is 2.26. The first kappa shape index (κ1) is 26.6. The molecule has 2 atom stereocenters. The second kappa shape index (κ2) is 16.9. The lowest BCUT2D eigenvalue weighted by Crippen LogP contribution is -2.21. The van der Waals surface area contributed by atoms with Gasteiger partial charge in [0.2, 0.25) is 0 Å². The molecule has 0 aliphatic carbocycles. The molecule has 2 unspecified atom stereocenters. The van der Waals surface area contributed by atoms with E-state index in [1.807, 2.05) is 6.26 Å². The lowest BCUT2D eigenvalue weighted by molar-refractivity contribution is 0.536. The summed E-state index contributed by atoms with van der Waals surface area (Å²) in [5.74, 6) is 0. The second-order valence-electron chi connectivity index (χ2n) is 9.06. The molecule has 0 saturated carbocycles. The molecule has 0 aromatic heterocycles. The van der Waals surface area contributed by atoms with E-state index in [1.54, 1.807) is 0 Å². The molecule has 2 aromatic rings. The zero-order chi connectivity index (χ0) is 22.9. The largest absolute Gasteiger partial charge is 0.341 e. The van der Waals surface area contributed by atoms with Crippen LogP contribution in [0.1, 0.15) is 90.4 Å². The molecule has 0 fully saturated rings. The van der Waals surface area contributed by atoms with Crippen molar-refractivity contribution < 1.29 is 4.21 Å². The molecule has 0 bridgehead atoms. The minimum Gasteiger partial charge on any atom is -0.341 e. The van der Waals surface area contributed by atoms with Crippen LogP contribution in [0, 0.1) is 0 Å². The maximum atomic E-state index is 12.3. The minimum absolute atomic E-state index is 0.331. The third-order valence-electron chi connectivity index (χ3n) is 6.39. The molecule has 178 valence electrons. The van der Waals surface area contributed by atoms with Gasteiger partial charge < -0.3 is 4.90 Å². The highest BCUT2D eigenvalue weighted by Gasteiger charge is 2.15. The third kappa shape index (κ3) is 10.8. The van der Waals surface area contributed by atoms with Gasteiger partial charge in [-0.1, -0.05) is 108 Å².